The number of nitrogens with zero attached hydrogens (tertiary/aromatic N) is 2. The minimum atomic E-state index is 0.0471. The van der Waals surface area contributed by atoms with Crippen molar-refractivity contribution < 1.29 is 9.21 Å². The molecule has 1 aliphatic rings. The van der Waals surface area contributed by atoms with E-state index in [-0.39, 0.29) is 5.91 Å². The Balaban J connectivity index is 1.69. The molecule has 0 atom stereocenters. The van der Waals surface area contributed by atoms with Crippen molar-refractivity contribution in [2.24, 2.45) is 0 Å². The summed E-state index contributed by atoms with van der Waals surface area (Å²) < 4.78 is 6.45. The van der Waals surface area contributed by atoms with Crippen molar-refractivity contribution in [1.82, 2.24) is 9.88 Å². The van der Waals surface area contributed by atoms with E-state index >= 15 is 0 Å². The van der Waals surface area contributed by atoms with Gasteiger partial charge in [-0.3, -0.25) is 4.79 Å². The zero-order valence-corrected chi connectivity index (χ0v) is 16.9. The number of hydrogen-bond acceptors (Lipinski definition) is 3. The predicted molar refractivity (Wildman–Crippen MR) is 107 cm³/mol. The quantitative estimate of drug-likeness (QED) is 0.434. The molecule has 0 N–H and O–H groups in total. The molecule has 2 heterocycles. The number of carbonyl (C=O) groups is 1. The normalized spacial score (nSPS) is 14.8. The summed E-state index contributed by atoms with van der Waals surface area (Å²) in [4.78, 5) is 19.1. The number of hydrogen-bond donors (Lipinski definition) is 0. The lowest BCUT2D eigenvalue weighted by Crippen LogP contribution is -2.35. The van der Waals surface area contributed by atoms with Crippen molar-refractivity contribution >= 4 is 56.1 Å². The van der Waals surface area contributed by atoms with Crippen LogP contribution in [0.5, 0.6) is 0 Å². The van der Waals surface area contributed by atoms with Crippen LogP contribution in [0.3, 0.4) is 0 Å². The maximum absolute atomic E-state index is 12.7. The zero-order valence-electron chi connectivity index (χ0n) is 13.8. The number of amides is 1. The number of likely N-dealkylation sites (tertiary alicyclic amines) is 1. The third kappa shape index (κ3) is 3.36. The van der Waals surface area contributed by atoms with E-state index in [1.807, 2.05) is 4.90 Å². The molecular formula is C19H15BrCl2N2O2. The standard InChI is InChI=1S/C19H15BrCl2N2O2/c20-17-13(21)8-12(9-14(17)22)18-23-15-10-11(4-5-16(15)26-18)19(25)24-6-2-1-3-7-24/h4-5,8-10H,1-3,6-7H2. The smallest absolute Gasteiger partial charge is 0.253 e. The lowest BCUT2D eigenvalue weighted by molar-refractivity contribution is 0.0724. The molecule has 7 heteroatoms. The van der Waals surface area contributed by atoms with Gasteiger partial charge in [0.2, 0.25) is 5.89 Å². The zero-order chi connectivity index (χ0) is 18.3. The lowest BCUT2D eigenvalue weighted by Gasteiger charge is -2.26. The summed E-state index contributed by atoms with van der Waals surface area (Å²) >= 11 is 15.7. The van der Waals surface area contributed by atoms with Crippen molar-refractivity contribution in [2.45, 2.75) is 19.3 Å². The van der Waals surface area contributed by atoms with Gasteiger partial charge in [-0.15, -0.1) is 0 Å². The van der Waals surface area contributed by atoms with Crippen molar-refractivity contribution in [3.63, 3.8) is 0 Å². The van der Waals surface area contributed by atoms with Crippen LogP contribution in [0.25, 0.3) is 22.6 Å². The van der Waals surface area contributed by atoms with Gasteiger partial charge in [-0.1, -0.05) is 23.2 Å². The molecule has 26 heavy (non-hydrogen) atoms. The van der Waals surface area contributed by atoms with Crippen molar-refractivity contribution in [3.8, 4) is 11.5 Å². The summed E-state index contributed by atoms with van der Waals surface area (Å²) in [5, 5.41) is 0.964. The van der Waals surface area contributed by atoms with Gasteiger partial charge in [0, 0.05) is 24.2 Å². The first-order valence-electron chi connectivity index (χ1n) is 8.38. The van der Waals surface area contributed by atoms with Gasteiger partial charge < -0.3 is 9.32 Å². The monoisotopic (exact) mass is 452 g/mol. The molecule has 134 valence electrons. The highest BCUT2D eigenvalue weighted by Gasteiger charge is 2.19. The minimum Gasteiger partial charge on any atom is -0.436 e. The fourth-order valence-corrected chi connectivity index (χ4v) is 3.86. The van der Waals surface area contributed by atoms with E-state index in [1.54, 1.807) is 30.3 Å². The van der Waals surface area contributed by atoms with Crippen LogP contribution in [0.15, 0.2) is 39.2 Å². The third-order valence-corrected chi connectivity index (χ3v) is 6.42. The van der Waals surface area contributed by atoms with Gasteiger partial charge in [-0.2, -0.15) is 0 Å². The first-order valence-corrected chi connectivity index (χ1v) is 9.92. The van der Waals surface area contributed by atoms with Crippen LogP contribution in [0, 0.1) is 0 Å². The number of fused-ring (bicyclic) bond motifs is 1. The van der Waals surface area contributed by atoms with Crippen LogP contribution >= 0.6 is 39.1 Å². The Labute approximate surface area is 169 Å². The van der Waals surface area contributed by atoms with Gasteiger partial charge in [0.05, 0.1) is 14.5 Å². The van der Waals surface area contributed by atoms with Crippen LogP contribution in [-0.4, -0.2) is 28.9 Å². The van der Waals surface area contributed by atoms with E-state index in [2.05, 4.69) is 20.9 Å². The summed E-state index contributed by atoms with van der Waals surface area (Å²) in [5.41, 5.74) is 2.57. The van der Waals surface area contributed by atoms with Gasteiger partial charge >= 0.3 is 0 Å². The first-order chi connectivity index (χ1) is 12.5. The number of benzene rings is 2. The minimum absolute atomic E-state index is 0.0471. The van der Waals surface area contributed by atoms with Gasteiger partial charge in [0.15, 0.2) is 5.58 Å². The summed E-state index contributed by atoms with van der Waals surface area (Å²) in [6.07, 6.45) is 3.31. The second-order valence-electron chi connectivity index (χ2n) is 6.31. The van der Waals surface area contributed by atoms with Crippen LogP contribution in [-0.2, 0) is 0 Å². The molecule has 0 aliphatic carbocycles. The van der Waals surface area contributed by atoms with E-state index < -0.39 is 0 Å². The maximum Gasteiger partial charge on any atom is 0.253 e. The fraction of sp³-hybridized carbons (Fsp3) is 0.263. The molecule has 1 fully saturated rings. The highest BCUT2D eigenvalue weighted by atomic mass is 79.9. The molecular weight excluding hydrogens is 439 g/mol. The fourth-order valence-electron chi connectivity index (χ4n) is 3.14. The second-order valence-corrected chi connectivity index (χ2v) is 7.92. The van der Waals surface area contributed by atoms with Crippen molar-refractivity contribution in [1.29, 1.82) is 0 Å². The molecule has 3 aromatic rings. The Morgan fingerprint density at radius 1 is 1.08 bits per heavy atom. The van der Waals surface area contributed by atoms with Crippen LogP contribution in [0.4, 0.5) is 0 Å². The molecule has 1 amide bonds. The molecule has 1 aliphatic heterocycles. The molecule has 4 rings (SSSR count). The number of oxazole rings is 1. The molecule has 0 saturated carbocycles. The number of rotatable bonds is 2. The lowest BCUT2D eigenvalue weighted by atomic mass is 10.1. The average Bonchev–Trinajstić information content (AvgIpc) is 3.09. The van der Waals surface area contributed by atoms with Gasteiger partial charge in [0.25, 0.3) is 5.91 Å². The topological polar surface area (TPSA) is 46.3 Å². The number of carbonyl (C=O) groups excluding carboxylic acids is 1. The predicted octanol–water partition coefficient (Wildman–Crippen LogP) is 6.19. The number of aromatic nitrogens is 1. The summed E-state index contributed by atoms with van der Waals surface area (Å²) in [6.45, 7) is 1.63. The number of piperidine rings is 1. The van der Waals surface area contributed by atoms with E-state index in [9.17, 15) is 4.79 Å². The third-order valence-electron chi connectivity index (χ3n) is 4.51. The van der Waals surface area contributed by atoms with Crippen molar-refractivity contribution in [2.75, 3.05) is 13.1 Å². The van der Waals surface area contributed by atoms with Crippen LogP contribution in [0.1, 0.15) is 29.6 Å². The van der Waals surface area contributed by atoms with Crippen molar-refractivity contribution in [3.05, 3.63) is 50.4 Å². The molecule has 2 aromatic carbocycles. The highest BCUT2D eigenvalue weighted by molar-refractivity contribution is 9.10. The largest absolute Gasteiger partial charge is 0.436 e. The van der Waals surface area contributed by atoms with E-state index in [0.29, 0.717) is 42.6 Å². The molecule has 0 radical (unpaired) electrons. The average molecular weight is 454 g/mol. The second kappa shape index (κ2) is 7.22. The summed E-state index contributed by atoms with van der Waals surface area (Å²) in [6, 6.07) is 8.83. The Hall–Kier alpha value is -1.56. The first kappa shape index (κ1) is 17.8. The SMILES string of the molecule is O=C(c1ccc2oc(-c3cc(Cl)c(Br)c(Cl)c3)nc2c1)N1CCCCC1. The Kier molecular flexibility index (Phi) is 4.95. The Bertz CT molecular complexity index is 973. The van der Waals surface area contributed by atoms with E-state index in [0.717, 1.165) is 25.9 Å². The molecule has 1 aromatic heterocycles. The maximum atomic E-state index is 12.7. The Morgan fingerprint density at radius 2 is 1.77 bits per heavy atom. The van der Waals surface area contributed by atoms with Crippen LogP contribution < -0.4 is 0 Å². The summed E-state index contributed by atoms with van der Waals surface area (Å²) in [7, 11) is 0. The summed E-state index contributed by atoms with van der Waals surface area (Å²) in [5.74, 6) is 0.463. The molecule has 0 bridgehead atoms. The molecule has 4 nitrogen and oxygen atoms in total. The van der Waals surface area contributed by atoms with E-state index in [4.69, 9.17) is 27.6 Å². The highest BCUT2D eigenvalue weighted by Crippen LogP contribution is 2.36. The van der Waals surface area contributed by atoms with Gasteiger partial charge in [-0.25, -0.2) is 4.98 Å². The molecule has 0 unspecified atom stereocenters. The van der Waals surface area contributed by atoms with Gasteiger partial charge in [-0.05, 0) is 65.5 Å². The Morgan fingerprint density at radius 3 is 2.46 bits per heavy atom. The molecule has 1 saturated heterocycles. The molecule has 0 spiro atoms. The van der Waals surface area contributed by atoms with E-state index in [1.165, 1.54) is 6.42 Å². The van der Waals surface area contributed by atoms with Gasteiger partial charge in [0.1, 0.15) is 5.52 Å². The number of halogens is 3. The van der Waals surface area contributed by atoms with Crippen LogP contribution in [0.2, 0.25) is 10.0 Å².